The van der Waals surface area contributed by atoms with Crippen LogP contribution in [0, 0.1) is 5.92 Å². The molecule has 2 atom stereocenters. The molecular formula is C24H29O2P. The van der Waals surface area contributed by atoms with Crippen molar-refractivity contribution in [3.8, 4) is 0 Å². The van der Waals surface area contributed by atoms with Crippen molar-refractivity contribution in [1.29, 1.82) is 0 Å². The topological polar surface area (TPSA) is 26.3 Å². The summed E-state index contributed by atoms with van der Waals surface area (Å²) in [5, 5.41) is 1.84. The zero-order valence-electron chi connectivity index (χ0n) is 16.3. The Hall–Kier alpha value is -1.89. The van der Waals surface area contributed by atoms with E-state index in [4.69, 9.17) is 4.74 Å². The Bertz CT molecular complexity index is 778. The molecule has 0 N–H and O–H groups in total. The van der Waals surface area contributed by atoms with Crippen molar-refractivity contribution in [1.82, 2.24) is 0 Å². The van der Waals surface area contributed by atoms with E-state index in [-0.39, 0.29) is 6.10 Å². The van der Waals surface area contributed by atoms with Gasteiger partial charge in [-0.15, -0.1) is 0 Å². The summed E-state index contributed by atoms with van der Waals surface area (Å²) in [7, 11) is -0.948. The summed E-state index contributed by atoms with van der Waals surface area (Å²) < 4.78 is 19.8. The summed E-state index contributed by atoms with van der Waals surface area (Å²) >= 11 is 0. The van der Waals surface area contributed by atoms with Gasteiger partial charge in [0.05, 0.1) is 6.10 Å². The molecule has 2 aromatic carbocycles. The van der Waals surface area contributed by atoms with Crippen molar-refractivity contribution in [2.24, 2.45) is 5.92 Å². The van der Waals surface area contributed by atoms with Crippen LogP contribution in [-0.2, 0) is 9.30 Å². The Morgan fingerprint density at radius 2 is 1.59 bits per heavy atom. The van der Waals surface area contributed by atoms with Crippen LogP contribution in [0.2, 0.25) is 0 Å². The fourth-order valence-electron chi connectivity index (χ4n) is 3.93. The highest BCUT2D eigenvalue weighted by atomic mass is 31.2. The minimum absolute atomic E-state index is 0.0720. The molecule has 0 heterocycles. The normalized spacial score (nSPS) is 22.1. The van der Waals surface area contributed by atoms with E-state index in [1.54, 1.807) is 7.11 Å². The lowest BCUT2D eigenvalue weighted by Gasteiger charge is -2.32. The molecule has 0 aliphatic heterocycles. The minimum Gasteiger partial charge on any atom is -0.377 e. The molecule has 3 heteroatoms. The predicted molar refractivity (Wildman–Crippen MR) is 116 cm³/mol. The Labute approximate surface area is 163 Å². The predicted octanol–water partition coefficient (Wildman–Crippen LogP) is 5.32. The van der Waals surface area contributed by atoms with Crippen LogP contribution >= 0.6 is 7.14 Å². The van der Waals surface area contributed by atoms with E-state index >= 15 is 0 Å². The van der Waals surface area contributed by atoms with Crippen molar-refractivity contribution >= 4 is 17.8 Å². The van der Waals surface area contributed by atoms with E-state index < -0.39 is 7.14 Å². The lowest BCUT2D eigenvalue weighted by molar-refractivity contribution is 0.112. The van der Waals surface area contributed by atoms with Gasteiger partial charge in [-0.3, -0.25) is 0 Å². The molecule has 0 spiro atoms. The van der Waals surface area contributed by atoms with Crippen LogP contribution in [0.15, 0.2) is 84.5 Å². The molecular weight excluding hydrogens is 351 g/mol. The first-order valence-electron chi connectivity index (χ1n) is 9.68. The second-order valence-corrected chi connectivity index (χ2v) is 10.1. The Balaban J connectivity index is 1.93. The molecule has 0 amide bonds. The van der Waals surface area contributed by atoms with Crippen LogP contribution in [0.5, 0.6) is 0 Å². The maximum atomic E-state index is 14.1. The molecule has 1 aliphatic rings. The summed E-state index contributed by atoms with van der Waals surface area (Å²) in [5.74, 6) is 0.447. The van der Waals surface area contributed by atoms with Crippen molar-refractivity contribution in [3.05, 3.63) is 84.5 Å². The highest BCUT2D eigenvalue weighted by molar-refractivity contribution is 7.78. The number of benzene rings is 2. The van der Waals surface area contributed by atoms with Crippen molar-refractivity contribution in [2.45, 2.75) is 32.3 Å². The van der Waals surface area contributed by atoms with Gasteiger partial charge in [-0.1, -0.05) is 85.8 Å². The van der Waals surface area contributed by atoms with E-state index in [1.165, 1.54) is 11.1 Å². The molecule has 1 saturated carbocycles. The van der Waals surface area contributed by atoms with Crippen LogP contribution in [0.3, 0.4) is 0 Å². The molecule has 0 bridgehead atoms. The molecule has 0 radical (unpaired) electrons. The average molecular weight is 380 g/mol. The van der Waals surface area contributed by atoms with Gasteiger partial charge in [0.1, 0.15) is 7.14 Å². The summed E-state index contributed by atoms with van der Waals surface area (Å²) in [6.45, 7) is 6.45. The molecule has 0 aromatic heterocycles. The minimum atomic E-state index is -2.70. The third kappa shape index (κ3) is 4.34. The second kappa shape index (κ2) is 8.87. The summed E-state index contributed by atoms with van der Waals surface area (Å²) in [4.78, 5) is 0. The molecule has 1 fully saturated rings. The van der Waals surface area contributed by atoms with Gasteiger partial charge >= 0.3 is 0 Å². The average Bonchev–Trinajstić information content (AvgIpc) is 2.74. The van der Waals surface area contributed by atoms with E-state index in [2.05, 4.69) is 19.6 Å². The zero-order chi connectivity index (χ0) is 19.3. The number of rotatable bonds is 6. The van der Waals surface area contributed by atoms with Gasteiger partial charge in [0.2, 0.25) is 0 Å². The van der Waals surface area contributed by atoms with Gasteiger partial charge in [-0.25, -0.2) is 0 Å². The zero-order valence-corrected chi connectivity index (χ0v) is 17.2. The van der Waals surface area contributed by atoms with Gasteiger partial charge in [0.25, 0.3) is 0 Å². The van der Waals surface area contributed by atoms with Crippen LogP contribution < -0.4 is 10.6 Å². The van der Waals surface area contributed by atoms with Crippen LogP contribution in [0.4, 0.5) is 0 Å². The fraction of sp³-hybridized carbons (Fsp3) is 0.333. The summed E-state index contributed by atoms with van der Waals surface area (Å²) in [5.41, 5.74) is 2.54. The Kier molecular flexibility index (Phi) is 6.52. The highest BCUT2D eigenvalue weighted by Crippen LogP contribution is 2.44. The molecule has 2 unspecified atom stereocenters. The second-order valence-electron chi connectivity index (χ2n) is 7.27. The lowest BCUT2D eigenvalue weighted by Crippen LogP contribution is -2.26. The quantitative estimate of drug-likeness (QED) is 0.501. The van der Waals surface area contributed by atoms with Crippen molar-refractivity contribution in [3.63, 3.8) is 0 Å². The number of ether oxygens (including phenoxy) is 1. The first kappa shape index (κ1) is 19.9. The lowest BCUT2D eigenvalue weighted by atomic mass is 9.78. The third-order valence-electron chi connectivity index (χ3n) is 5.66. The van der Waals surface area contributed by atoms with Gasteiger partial charge in [-0.2, -0.15) is 0 Å². The fourth-order valence-corrected chi connectivity index (χ4v) is 6.47. The van der Waals surface area contributed by atoms with E-state index in [0.29, 0.717) is 12.1 Å². The maximum Gasteiger partial charge on any atom is 0.146 e. The number of allylic oxidation sites excluding steroid dienone is 1. The Morgan fingerprint density at radius 3 is 2.07 bits per heavy atom. The number of hydrogen-bond donors (Lipinski definition) is 0. The van der Waals surface area contributed by atoms with Gasteiger partial charge in [0.15, 0.2) is 0 Å². The Morgan fingerprint density at radius 1 is 1.04 bits per heavy atom. The highest BCUT2D eigenvalue weighted by Gasteiger charge is 2.30. The van der Waals surface area contributed by atoms with E-state index in [0.717, 1.165) is 29.9 Å². The molecule has 2 nitrogen and oxygen atoms in total. The maximum absolute atomic E-state index is 14.1. The first-order chi connectivity index (χ1) is 13.1. The van der Waals surface area contributed by atoms with Crippen LogP contribution in [0.1, 0.15) is 26.2 Å². The largest absolute Gasteiger partial charge is 0.377 e. The number of hydrogen-bond acceptors (Lipinski definition) is 2. The summed E-state index contributed by atoms with van der Waals surface area (Å²) in [6, 6.07) is 19.8. The monoisotopic (exact) mass is 380 g/mol. The molecule has 27 heavy (non-hydrogen) atoms. The third-order valence-corrected chi connectivity index (χ3v) is 8.62. The molecule has 3 rings (SSSR count). The van der Waals surface area contributed by atoms with Crippen molar-refractivity contribution < 1.29 is 9.30 Å². The van der Waals surface area contributed by atoms with Gasteiger partial charge < -0.3 is 9.30 Å². The standard InChI is InChI=1S/C24H29O2P/c1-4-21-17-20(18-24(26-3)19(21)2)15-16-27(25,22-11-7-5-8-12-22)23-13-9-6-10-14-23/h5-15,21,24H,2,4,16-18H2,1,3H3. The summed E-state index contributed by atoms with van der Waals surface area (Å²) in [6.07, 6.45) is 5.75. The number of methoxy groups -OCH3 is 1. The smallest absolute Gasteiger partial charge is 0.146 e. The molecule has 0 saturated heterocycles. The van der Waals surface area contributed by atoms with Gasteiger partial charge in [-0.05, 0) is 30.8 Å². The molecule has 142 valence electrons. The van der Waals surface area contributed by atoms with Crippen LogP contribution in [0.25, 0.3) is 0 Å². The van der Waals surface area contributed by atoms with Gasteiger partial charge in [0, 0.05) is 23.9 Å². The molecule has 1 aliphatic carbocycles. The van der Waals surface area contributed by atoms with E-state index in [9.17, 15) is 4.57 Å². The SMILES string of the molecule is C=C1C(CC)CC(=CCP(=O)(c2ccccc2)c2ccccc2)CC1OC. The first-order valence-corrected chi connectivity index (χ1v) is 11.6. The van der Waals surface area contributed by atoms with Crippen LogP contribution in [-0.4, -0.2) is 19.4 Å². The van der Waals surface area contributed by atoms with E-state index in [1.807, 2.05) is 60.7 Å². The van der Waals surface area contributed by atoms with Crippen molar-refractivity contribution in [2.75, 3.05) is 13.3 Å². The molecule has 2 aromatic rings.